The molecule has 0 aliphatic carbocycles. The average Bonchev–Trinajstić information content (AvgIpc) is 2.53. The lowest BCUT2D eigenvalue weighted by atomic mass is 10.2. The Labute approximate surface area is 146 Å². The van der Waals surface area contributed by atoms with E-state index >= 15 is 0 Å². The van der Waals surface area contributed by atoms with Crippen LogP contribution in [0.1, 0.15) is 16.8 Å². The number of rotatable bonds is 6. The number of hydrogen-bond donors (Lipinski definition) is 3. The van der Waals surface area contributed by atoms with Crippen molar-refractivity contribution >= 4 is 33.2 Å². The van der Waals surface area contributed by atoms with Crippen LogP contribution in [0, 0.1) is 5.82 Å². The van der Waals surface area contributed by atoms with E-state index in [1.54, 1.807) is 6.07 Å². The molecule has 8 heteroatoms. The van der Waals surface area contributed by atoms with Crippen LogP contribution < -0.4 is 16.2 Å². The number of hydrogen-bond acceptors (Lipinski definition) is 4. The molecule has 0 fully saturated rings. The number of nitrogens with one attached hydrogen (secondary N) is 2. The van der Waals surface area contributed by atoms with Gasteiger partial charge in [-0.05, 0) is 24.6 Å². The highest BCUT2D eigenvalue weighted by molar-refractivity contribution is 9.10. The zero-order valence-corrected chi connectivity index (χ0v) is 14.6. The van der Waals surface area contributed by atoms with Crippen molar-refractivity contribution in [2.75, 3.05) is 18.5 Å². The van der Waals surface area contributed by atoms with Crippen LogP contribution in [0.4, 0.5) is 15.8 Å². The molecule has 128 valence electrons. The van der Waals surface area contributed by atoms with Crippen molar-refractivity contribution in [2.24, 2.45) is 7.05 Å². The van der Waals surface area contributed by atoms with Gasteiger partial charge >= 0.3 is 0 Å². The molecule has 0 unspecified atom stereocenters. The van der Waals surface area contributed by atoms with E-state index in [4.69, 9.17) is 5.11 Å². The van der Waals surface area contributed by atoms with Crippen LogP contribution in [0.2, 0.25) is 0 Å². The van der Waals surface area contributed by atoms with Gasteiger partial charge in [-0.15, -0.1) is 0 Å². The van der Waals surface area contributed by atoms with Crippen molar-refractivity contribution < 1.29 is 14.3 Å². The minimum absolute atomic E-state index is 0.0389. The van der Waals surface area contributed by atoms with E-state index in [-0.39, 0.29) is 29.1 Å². The standard InChI is InChI=1S/C16H17BrFN3O3/c1-21-9-11(16(24)19-5-2-6-22)14(8-15(21)23)20-13-4-3-10(17)7-12(13)18/h3-4,7-9,20,22H,2,5-6H2,1H3,(H,19,24). The molecule has 0 saturated carbocycles. The summed E-state index contributed by atoms with van der Waals surface area (Å²) >= 11 is 3.17. The van der Waals surface area contributed by atoms with Crippen molar-refractivity contribution in [3.8, 4) is 0 Å². The second-order valence-electron chi connectivity index (χ2n) is 5.13. The van der Waals surface area contributed by atoms with Gasteiger partial charge < -0.3 is 20.3 Å². The molecular formula is C16H17BrFN3O3. The molecule has 0 aliphatic heterocycles. The number of aromatic nitrogens is 1. The Kier molecular flexibility index (Phi) is 6.10. The van der Waals surface area contributed by atoms with Crippen LogP contribution in [0.15, 0.2) is 39.7 Å². The second-order valence-corrected chi connectivity index (χ2v) is 6.05. The lowest BCUT2D eigenvalue weighted by Gasteiger charge is -2.14. The largest absolute Gasteiger partial charge is 0.396 e. The quantitative estimate of drug-likeness (QED) is 0.652. The molecule has 0 atom stereocenters. The molecule has 2 rings (SSSR count). The molecule has 0 aliphatic rings. The third-order valence-corrected chi connectivity index (χ3v) is 3.79. The normalized spacial score (nSPS) is 10.5. The Balaban J connectivity index is 2.35. The van der Waals surface area contributed by atoms with Gasteiger partial charge in [0.15, 0.2) is 0 Å². The van der Waals surface area contributed by atoms with Gasteiger partial charge in [-0.3, -0.25) is 9.59 Å². The van der Waals surface area contributed by atoms with Crippen LogP contribution in [-0.2, 0) is 7.05 Å². The molecule has 1 amide bonds. The molecule has 0 saturated heterocycles. The lowest BCUT2D eigenvalue weighted by Crippen LogP contribution is -2.28. The molecule has 24 heavy (non-hydrogen) atoms. The van der Waals surface area contributed by atoms with Gasteiger partial charge in [0, 0.05) is 36.9 Å². The van der Waals surface area contributed by atoms with Gasteiger partial charge in [-0.1, -0.05) is 15.9 Å². The molecule has 1 aromatic heterocycles. The van der Waals surface area contributed by atoms with Crippen LogP contribution in [-0.4, -0.2) is 28.7 Å². The highest BCUT2D eigenvalue weighted by Crippen LogP contribution is 2.24. The summed E-state index contributed by atoms with van der Waals surface area (Å²) in [6.45, 7) is 0.257. The molecule has 0 radical (unpaired) electrons. The van der Waals surface area contributed by atoms with E-state index < -0.39 is 11.7 Å². The van der Waals surface area contributed by atoms with E-state index in [0.29, 0.717) is 17.4 Å². The smallest absolute Gasteiger partial charge is 0.254 e. The molecule has 6 nitrogen and oxygen atoms in total. The Hall–Kier alpha value is -2.19. The monoisotopic (exact) mass is 397 g/mol. The summed E-state index contributed by atoms with van der Waals surface area (Å²) < 4.78 is 15.8. The van der Waals surface area contributed by atoms with Gasteiger partial charge in [0.05, 0.1) is 16.9 Å². The van der Waals surface area contributed by atoms with Crippen LogP contribution in [0.25, 0.3) is 0 Å². The van der Waals surface area contributed by atoms with E-state index in [9.17, 15) is 14.0 Å². The van der Waals surface area contributed by atoms with Crippen molar-refractivity contribution in [3.63, 3.8) is 0 Å². The third-order valence-electron chi connectivity index (χ3n) is 3.29. The molecule has 1 heterocycles. The number of aliphatic hydroxyl groups is 1. The fraction of sp³-hybridized carbons (Fsp3) is 0.250. The second kappa shape index (κ2) is 8.07. The molecule has 3 N–H and O–H groups in total. The first-order valence-corrected chi connectivity index (χ1v) is 8.03. The van der Waals surface area contributed by atoms with Crippen LogP contribution >= 0.6 is 15.9 Å². The minimum atomic E-state index is -0.517. The first-order valence-electron chi connectivity index (χ1n) is 7.24. The van der Waals surface area contributed by atoms with E-state index in [1.165, 1.54) is 36.0 Å². The maximum Gasteiger partial charge on any atom is 0.254 e. The number of pyridine rings is 1. The van der Waals surface area contributed by atoms with Crippen molar-refractivity contribution in [1.29, 1.82) is 0 Å². The zero-order valence-electron chi connectivity index (χ0n) is 13.0. The van der Waals surface area contributed by atoms with E-state index in [2.05, 4.69) is 26.6 Å². The number of benzene rings is 1. The first-order chi connectivity index (χ1) is 11.4. The van der Waals surface area contributed by atoms with Gasteiger partial charge in [0.1, 0.15) is 5.82 Å². The molecule has 2 aromatic rings. The maximum atomic E-state index is 14.0. The summed E-state index contributed by atoms with van der Waals surface area (Å²) in [6.07, 6.45) is 1.80. The van der Waals surface area contributed by atoms with E-state index in [1.807, 2.05) is 0 Å². The Morgan fingerprint density at radius 2 is 2.08 bits per heavy atom. The minimum Gasteiger partial charge on any atom is -0.396 e. The maximum absolute atomic E-state index is 14.0. The Bertz CT molecular complexity index is 808. The predicted octanol–water partition coefficient (Wildman–Crippen LogP) is 2.14. The van der Waals surface area contributed by atoms with Gasteiger partial charge in [0.25, 0.3) is 11.5 Å². The number of halogens is 2. The average molecular weight is 398 g/mol. The number of nitrogens with zero attached hydrogens (tertiary/aromatic N) is 1. The lowest BCUT2D eigenvalue weighted by molar-refractivity contribution is 0.0951. The Morgan fingerprint density at radius 1 is 1.33 bits per heavy atom. The highest BCUT2D eigenvalue weighted by Gasteiger charge is 2.15. The molecule has 0 spiro atoms. The summed E-state index contributed by atoms with van der Waals surface area (Å²) in [6, 6.07) is 5.67. The fourth-order valence-electron chi connectivity index (χ4n) is 2.03. The fourth-order valence-corrected chi connectivity index (χ4v) is 2.36. The molecule has 0 bridgehead atoms. The molecule has 1 aromatic carbocycles. The number of carbonyl (C=O) groups is 1. The Morgan fingerprint density at radius 3 is 2.75 bits per heavy atom. The summed E-state index contributed by atoms with van der Waals surface area (Å²) in [5.41, 5.74) is 0.232. The van der Waals surface area contributed by atoms with E-state index in [0.717, 1.165) is 0 Å². The zero-order chi connectivity index (χ0) is 17.7. The molecular weight excluding hydrogens is 381 g/mol. The number of carbonyl (C=O) groups excluding carboxylic acids is 1. The predicted molar refractivity (Wildman–Crippen MR) is 93.1 cm³/mol. The first kappa shape index (κ1) is 18.2. The number of aryl methyl sites for hydroxylation is 1. The van der Waals surface area contributed by atoms with Crippen LogP contribution in [0.5, 0.6) is 0 Å². The number of anilines is 2. The highest BCUT2D eigenvalue weighted by atomic mass is 79.9. The van der Waals surface area contributed by atoms with Gasteiger partial charge in [0.2, 0.25) is 0 Å². The van der Waals surface area contributed by atoms with Gasteiger partial charge in [-0.2, -0.15) is 0 Å². The third kappa shape index (κ3) is 4.42. The summed E-state index contributed by atoms with van der Waals surface area (Å²) in [5, 5.41) is 14.2. The van der Waals surface area contributed by atoms with Crippen LogP contribution in [0.3, 0.4) is 0 Å². The summed E-state index contributed by atoms with van der Waals surface area (Å²) in [4.78, 5) is 24.1. The number of amides is 1. The van der Waals surface area contributed by atoms with Crippen molar-refractivity contribution in [2.45, 2.75) is 6.42 Å². The van der Waals surface area contributed by atoms with Gasteiger partial charge in [-0.25, -0.2) is 4.39 Å². The number of aliphatic hydroxyl groups excluding tert-OH is 1. The summed E-state index contributed by atoms with van der Waals surface area (Å²) in [5.74, 6) is -0.934. The topological polar surface area (TPSA) is 83.4 Å². The summed E-state index contributed by atoms with van der Waals surface area (Å²) in [7, 11) is 1.52. The SMILES string of the molecule is Cn1cc(C(=O)NCCCO)c(Nc2ccc(Br)cc2F)cc1=O. The van der Waals surface area contributed by atoms with Crippen molar-refractivity contribution in [3.05, 3.63) is 56.7 Å². The van der Waals surface area contributed by atoms with Crippen molar-refractivity contribution in [1.82, 2.24) is 9.88 Å².